The van der Waals surface area contributed by atoms with E-state index in [9.17, 15) is 4.79 Å². The molecule has 2 aromatic rings. The largest absolute Gasteiger partial charge is 0.497 e. The Bertz CT molecular complexity index is 659. The fourth-order valence-corrected chi connectivity index (χ4v) is 2.47. The van der Waals surface area contributed by atoms with Gasteiger partial charge in [-0.2, -0.15) is 0 Å². The lowest BCUT2D eigenvalue weighted by Gasteiger charge is -2.12. The first kappa shape index (κ1) is 17.3. The van der Waals surface area contributed by atoms with Crippen molar-refractivity contribution in [1.82, 2.24) is 5.32 Å². The number of nitrogens with two attached hydrogens (primary N) is 1. The molecule has 0 aliphatic rings. The molecule has 1 amide bonds. The van der Waals surface area contributed by atoms with Gasteiger partial charge < -0.3 is 20.5 Å². The molecule has 0 saturated heterocycles. The number of primary amides is 1. The number of ether oxygens (including phenoxy) is 2. The highest BCUT2D eigenvalue weighted by atomic mass is 79.9. The van der Waals surface area contributed by atoms with E-state index in [2.05, 4.69) is 21.2 Å². The van der Waals surface area contributed by atoms with Gasteiger partial charge in [0.25, 0.3) is 5.91 Å². The molecule has 0 aliphatic heterocycles. The predicted molar refractivity (Wildman–Crippen MR) is 92.4 cm³/mol. The van der Waals surface area contributed by atoms with Gasteiger partial charge in [-0.15, -0.1) is 0 Å². The van der Waals surface area contributed by atoms with Gasteiger partial charge in [-0.05, 0) is 35.9 Å². The van der Waals surface area contributed by atoms with Gasteiger partial charge in [-0.3, -0.25) is 4.79 Å². The summed E-state index contributed by atoms with van der Waals surface area (Å²) in [4.78, 5) is 10.9. The quantitative estimate of drug-likeness (QED) is 0.740. The third-order valence-electron chi connectivity index (χ3n) is 3.20. The average Bonchev–Trinajstić information content (AvgIpc) is 2.54. The van der Waals surface area contributed by atoms with Crippen molar-refractivity contribution in [3.63, 3.8) is 0 Å². The molecule has 0 bridgehead atoms. The number of methoxy groups -OCH3 is 1. The van der Waals surface area contributed by atoms with Crippen LogP contribution in [0.5, 0.6) is 11.5 Å². The van der Waals surface area contributed by atoms with Gasteiger partial charge in [-0.25, -0.2) is 0 Å². The summed E-state index contributed by atoms with van der Waals surface area (Å²) < 4.78 is 11.5. The highest BCUT2D eigenvalue weighted by molar-refractivity contribution is 9.10. The van der Waals surface area contributed by atoms with E-state index in [1.54, 1.807) is 7.11 Å². The molecule has 0 spiro atoms. The number of nitrogens with one attached hydrogen (secondary N) is 1. The first-order chi connectivity index (χ1) is 11.1. The monoisotopic (exact) mass is 378 g/mol. The van der Waals surface area contributed by atoms with Crippen molar-refractivity contribution in [3.8, 4) is 11.5 Å². The van der Waals surface area contributed by atoms with E-state index in [0.29, 0.717) is 18.8 Å². The van der Waals surface area contributed by atoms with Crippen molar-refractivity contribution in [2.75, 3.05) is 13.7 Å². The van der Waals surface area contributed by atoms with Gasteiger partial charge in [0.05, 0.1) is 7.11 Å². The van der Waals surface area contributed by atoms with E-state index in [0.717, 1.165) is 21.3 Å². The summed E-state index contributed by atoms with van der Waals surface area (Å²) in [5.41, 5.74) is 7.23. The van der Waals surface area contributed by atoms with Crippen molar-refractivity contribution < 1.29 is 14.3 Å². The van der Waals surface area contributed by atoms with Gasteiger partial charge in [0.1, 0.15) is 11.5 Å². The summed E-state index contributed by atoms with van der Waals surface area (Å²) in [5.74, 6) is 0.988. The fourth-order valence-electron chi connectivity index (χ4n) is 2.06. The number of hydrogen-bond acceptors (Lipinski definition) is 4. The maximum absolute atomic E-state index is 10.9. The molecule has 0 fully saturated rings. The van der Waals surface area contributed by atoms with Gasteiger partial charge in [0.15, 0.2) is 6.61 Å². The molecule has 2 rings (SSSR count). The van der Waals surface area contributed by atoms with E-state index in [4.69, 9.17) is 15.2 Å². The second-order valence-corrected chi connectivity index (χ2v) is 5.87. The molecule has 23 heavy (non-hydrogen) atoms. The molecule has 0 aliphatic carbocycles. The molecule has 2 aromatic carbocycles. The standard InChI is InChI=1S/C17H19BrN2O3/c1-22-15-5-2-12(3-6-15)9-20-10-13-8-14(18)4-7-16(13)23-11-17(19)21/h2-8,20H,9-11H2,1H3,(H2,19,21). The second kappa shape index (κ2) is 8.55. The molecular weight excluding hydrogens is 360 g/mol. The molecule has 6 heteroatoms. The summed E-state index contributed by atoms with van der Waals surface area (Å²) in [7, 11) is 1.65. The summed E-state index contributed by atoms with van der Waals surface area (Å²) in [6, 6.07) is 13.5. The van der Waals surface area contributed by atoms with Crippen LogP contribution in [-0.2, 0) is 17.9 Å². The number of carbonyl (C=O) groups excluding carboxylic acids is 1. The molecule has 0 radical (unpaired) electrons. The number of amides is 1. The van der Waals surface area contributed by atoms with Crippen LogP contribution in [0.25, 0.3) is 0 Å². The van der Waals surface area contributed by atoms with Crippen molar-refractivity contribution >= 4 is 21.8 Å². The van der Waals surface area contributed by atoms with E-state index in [1.807, 2.05) is 42.5 Å². The number of rotatable bonds is 8. The molecule has 0 saturated carbocycles. The molecule has 0 atom stereocenters. The Morgan fingerprint density at radius 1 is 1.17 bits per heavy atom. The SMILES string of the molecule is COc1ccc(CNCc2cc(Br)ccc2OCC(N)=O)cc1. The third-order valence-corrected chi connectivity index (χ3v) is 3.69. The van der Waals surface area contributed by atoms with Crippen molar-refractivity contribution in [2.45, 2.75) is 13.1 Å². The van der Waals surface area contributed by atoms with E-state index >= 15 is 0 Å². The summed E-state index contributed by atoms with van der Waals surface area (Å²) in [5, 5.41) is 3.35. The van der Waals surface area contributed by atoms with Crippen LogP contribution in [0.3, 0.4) is 0 Å². The zero-order valence-corrected chi connectivity index (χ0v) is 14.4. The lowest BCUT2D eigenvalue weighted by atomic mass is 10.2. The second-order valence-electron chi connectivity index (χ2n) is 4.96. The molecule has 0 heterocycles. The molecule has 0 aromatic heterocycles. The number of halogens is 1. The summed E-state index contributed by atoms with van der Waals surface area (Å²) >= 11 is 3.44. The van der Waals surface area contributed by atoms with Crippen molar-refractivity contribution in [2.24, 2.45) is 5.73 Å². The normalized spacial score (nSPS) is 10.3. The van der Waals surface area contributed by atoms with Crippen LogP contribution in [-0.4, -0.2) is 19.6 Å². The molecule has 0 unspecified atom stereocenters. The van der Waals surface area contributed by atoms with Crippen molar-refractivity contribution in [1.29, 1.82) is 0 Å². The Morgan fingerprint density at radius 2 is 1.91 bits per heavy atom. The number of benzene rings is 2. The Hall–Kier alpha value is -2.05. The van der Waals surface area contributed by atoms with E-state index in [-0.39, 0.29) is 6.61 Å². The van der Waals surface area contributed by atoms with Crippen molar-refractivity contribution in [3.05, 3.63) is 58.1 Å². The number of carbonyl (C=O) groups is 1. The van der Waals surface area contributed by atoms with Crippen LogP contribution in [0.15, 0.2) is 46.9 Å². The fraction of sp³-hybridized carbons (Fsp3) is 0.235. The maximum atomic E-state index is 10.9. The minimum absolute atomic E-state index is 0.132. The topological polar surface area (TPSA) is 73.6 Å². The molecule has 5 nitrogen and oxygen atoms in total. The minimum atomic E-state index is -0.495. The third kappa shape index (κ3) is 5.58. The maximum Gasteiger partial charge on any atom is 0.255 e. The highest BCUT2D eigenvalue weighted by Crippen LogP contribution is 2.23. The van der Waals surface area contributed by atoms with Crippen LogP contribution >= 0.6 is 15.9 Å². The van der Waals surface area contributed by atoms with Crippen LogP contribution < -0.4 is 20.5 Å². The van der Waals surface area contributed by atoms with E-state index in [1.165, 1.54) is 0 Å². The first-order valence-electron chi connectivity index (χ1n) is 7.11. The van der Waals surface area contributed by atoms with Crippen LogP contribution in [0.1, 0.15) is 11.1 Å². The van der Waals surface area contributed by atoms with Gasteiger partial charge in [0, 0.05) is 23.1 Å². The zero-order chi connectivity index (χ0) is 16.7. The average molecular weight is 379 g/mol. The Kier molecular flexibility index (Phi) is 6.43. The molecule has 3 N–H and O–H groups in total. The lowest BCUT2D eigenvalue weighted by Crippen LogP contribution is -2.21. The van der Waals surface area contributed by atoms with Crippen LogP contribution in [0.4, 0.5) is 0 Å². The minimum Gasteiger partial charge on any atom is -0.497 e. The van der Waals surface area contributed by atoms with E-state index < -0.39 is 5.91 Å². The smallest absolute Gasteiger partial charge is 0.255 e. The summed E-state index contributed by atoms with van der Waals surface area (Å²) in [6.45, 7) is 1.19. The Labute approximate surface area is 143 Å². The van der Waals surface area contributed by atoms with Gasteiger partial charge in [0.2, 0.25) is 0 Å². The van der Waals surface area contributed by atoms with Gasteiger partial charge >= 0.3 is 0 Å². The first-order valence-corrected chi connectivity index (χ1v) is 7.91. The number of hydrogen-bond donors (Lipinski definition) is 2. The van der Waals surface area contributed by atoms with Gasteiger partial charge in [-0.1, -0.05) is 28.1 Å². The Morgan fingerprint density at radius 3 is 2.57 bits per heavy atom. The van der Waals surface area contributed by atoms with Crippen LogP contribution in [0, 0.1) is 0 Å². The Balaban J connectivity index is 1.95. The molecular formula is C17H19BrN2O3. The summed E-state index contributed by atoms with van der Waals surface area (Å²) in [6.07, 6.45) is 0. The highest BCUT2D eigenvalue weighted by Gasteiger charge is 2.06. The lowest BCUT2D eigenvalue weighted by molar-refractivity contribution is -0.119. The zero-order valence-electron chi connectivity index (χ0n) is 12.8. The van der Waals surface area contributed by atoms with Crippen LogP contribution in [0.2, 0.25) is 0 Å². The predicted octanol–water partition coefficient (Wildman–Crippen LogP) is 2.61. The molecule has 122 valence electrons.